The molecule has 3 aromatic rings. The molecule has 0 saturated carbocycles. The Labute approximate surface area is 167 Å². The number of benzene rings is 3. The molecule has 3 aromatic carbocycles. The number of para-hydroxylation sites is 1. The number of carbonyl (C=O) groups excluding carboxylic acids is 2. The summed E-state index contributed by atoms with van der Waals surface area (Å²) in [6, 6.07) is 21.3. The Balaban J connectivity index is 1.69. The van der Waals surface area contributed by atoms with Gasteiger partial charge in [-0.2, -0.15) is 0 Å². The summed E-state index contributed by atoms with van der Waals surface area (Å²) in [5.74, 6) is -0.301. The molecule has 136 valence electrons. The molecule has 1 N–H and O–H groups in total. The lowest BCUT2D eigenvalue weighted by molar-refractivity contribution is -0.116. The first kappa shape index (κ1) is 19.2. The highest BCUT2D eigenvalue weighted by Crippen LogP contribution is 2.24. The zero-order valence-corrected chi connectivity index (χ0v) is 15.9. The maximum absolute atomic E-state index is 12.7. The Hall–Kier alpha value is -2.62. The molecule has 5 heteroatoms. The summed E-state index contributed by atoms with van der Waals surface area (Å²) < 4.78 is 0. The number of hydrogen-bond acceptors (Lipinski definition) is 2. The zero-order valence-electron chi connectivity index (χ0n) is 14.4. The van der Waals surface area contributed by atoms with Crippen LogP contribution in [0.4, 0.5) is 5.69 Å². The van der Waals surface area contributed by atoms with Crippen molar-refractivity contribution in [3.8, 4) is 0 Å². The molecule has 0 heterocycles. The van der Waals surface area contributed by atoms with Gasteiger partial charge in [-0.1, -0.05) is 71.7 Å². The molecule has 1 amide bonds. The number of ketones is 1. The summed E-state index contributed by atoms with van der Waals surface area (Å²) in [6.07, 6.45) is 0.795. The molecule has 0 radical (unpaired) electrons. The predicted octanol–water partition coefficient (Wildman–Crippen LogP) is 5.80. The molecule has 0 unspecified atom stereocenters. The first-order valence-corrected chi connectivity index (χ1v) is 9.23. The van der Waals surface area contributed by atoms with Gasteiger partial charge in [0.15, 0.2) is 5.78 Å². The minimum Gasteiger partial charge on any atom is -0.325 e. The second kappa shape index (κ2) is 8.85. The lowest BCUT2D eigenvalue weighted by Crippen LogP contribution is -2.15. The maximum atomic E-state index is 12.7. The van der Waals surface area contributed by atoms with Crippen molar-refractivity contribution >= 4 is 40.6 Å². The van der Waals surface area contributed by atoms with Gasteiger partial charge in [-0.3, -0.25) is 9.59 Å². The smallest absolute Gasteiger partial charge is 0.224 e. The van der Waals surface area contributed by atoms with E-state index in [4.69, 9.17) is 23.2 Å². The molecule has 0 bridgehead atoms. The molecule has 0 aliphatic heterocycles. The standard InChI is InChI=1S/C22H17Cl2NO2/c23-18-12-10-15(14-19(18)24)11-13-21(26)25-20-9-5-4-8-17(20)22(27)16-6-2-1-3-7-16/h1-10,12,14H,11,13H2,(H,25,26). The second-order valence-electron chi connectivity index (χ2n) is 6.04. The Bertz CT molecular complexity index is 971. The van der Waals surface area contributed by atoms with Gasteiger partial charge < -0.3 is 5.32 Å². The van der Waals surface area contributed by atoms with Crippen molar-refractivity contribution in [2.75, 3.05) is 5.32 Å². The molecule has 0 aromatic heterocycles. The SMILES string of the molecule is O=C(CCc1ccc(Cl)c(Cl)c1)Nc1ccccc1C(=O)c1ccccc1. The molecule has 0 saturated heterocycles. The van der Waals surface area contributed by atoms with Gasteiger partial charge in [0.1, 0.15) is 0 Å². The van der Waals surface area contributed by atoms with Crippen LogP contribution >= 0.6 is 23.2 Å². The van der Waals surface area contributed by atoms with Crippen LogP contribution in [-0.4, -0.2) is 11.7 Å². The van der Waals surface area contributed by atoms with E-state index in [2.05, 4.69) is 5.32 Å². The average molecular weight is 398 g/mol. The molecule has 0 aliphatic carbocycles. The van der Waals surface area contributed by atoms with Crippen LogP contribution in [-0.2, 0) is 11.2 Å². The van der Waals surface area contributed by atoms with Crippen LogP contribution in [0.5, 0.6) is 0 Å². The van der Waals surface area contributed by atoms with Crippen molar-refractivity contribution in [1.29, 1.82) is 0 Å². The van der Waals surface area contributed by atoms with Crippen LogP contribution in [0.2, 0.25) is 10.0 Å². The molecular formula is C22H17Cl2NO2. The quantitative estimate of drug-likeness (QED) is 0.534. The van der Waals surface area contributed by atoms with Crippen molar-refractivity contribution in [3.63, 3.8) is 0 Å². The third kappa shape index (κ3) is 4.97. The summed E-state index contributed by atoms with van der Waals surface area (Å²) in [5, 5.41) is 3.79. The summed E-state index contributed by atoms with van der Waals surface area (Å²) >= 11 is 11.9. The monoisotopic (exact) mass is 397 g/mol. The van der Waals surface area contributed by atoms with E-state index in [1.54, 1.807) is 48.5 Å². The molecule has 0 aliphatic rings. The number of amides is 1. The molecule has 3 nitrogen and oxygen atoms in total. The largest absolute Gasteiger partial charge is 0.325 e. The minimum atomic E-state index is -0.172. The maximum Gasteiger partial charge on any atom is 0.224 e. The van der Waals surface area contributed by atoms with Crippen molar-refractivity contribution < 1.29 is 9.59 Å². The Kier molecular flexibility index (Phi) is 6.28. The third-order valence-corrected chi connectivity index (χ3v) is 4.85. The van der Waals surface area contributed by atoms with E-state index in [0.29, 0.717) is 33.3 Å². The summed E-state index contributed by atoms with van der Waals surface area (Å²) in [6.45, 7) is 0. The number of aryl methyl sites for hydroxylation is 1. The highest BCUT2D eigenvalue weighted by atomic mass is 35.5. The number of nitrogens with one attached hydrogen (secondary N) is 1. The van der Waals surface area contributed by atoms with Gasteiger partial charge >= 0.3 is 0 Å². The van der Waals surface area contributed by atoms with E-state index in [1.807, 2.05) is 24.3 Å². The Morgan fingerprint density at radius 1 is 0.815 bits per heavy atom. The number of anilines is 1. The van der Waals surface area contributed by atoms with Gasteiger partial charge in [-0.25, -0.2) is 0 Å². The van der Waals surface area contributed by atoms with Crippen LogP contribution in [0, 0.1) is 0 Å². The van der Waals surface area contributed by atoms with Crippen LogP contribution in [0.1, 0.15) is 27.9 Å². The van der Waals surface area contributed by atoms with Crippen molar-refractivity contribution in [2.24, 2.45) is 0 Å². The summed E-state index contributed by atoms with van der Waals surface area (Å²) in [5.41, 5.74) is 2.47. The van der Waals surface area contributed by atoms with E-state index in [1.165, 1.54) is 0 Å². The van der Waals surface area contributed by atoms with Gasteiger partial charge in [0.2, 0.25) is 5.91 Å². The van der Waals surface area contributed by atoms with Crippen LogP contribution in [0.25, 0.3) is 0 Å². The minimum absolute atomic E-state index is 0.129. The Morgan fingerprint density at radius 3 is 2.26 bits per heavy atom. The van der Waals surface area contributed by atoms with Crippen LogP contribution in [0.15, 0.2) is 72.8 Å². The van der Waals surface area contributed by atoms with Crippen molar-refractivity contribution in [3.05, 3.63) is 99.5 Å². The van der Waals surface area contributed by atoms with E-state index >= 15 is 0 Å². The number of rotatable bonds is 6. The van der Waals surface area contributed by atoms with Crippen molar-refractivity contribution in [1.82, 2.24) is 0 Å². The predicted molar refractivity (Wildman–Crippen MR) is 110 cm³/mol. The number of hydrogen-bond donors (Lipinski definition) is 1. The zero-order chi connectivity index (χ0) is 19.2. The van der Waals surface area contributed by atoms with E-state index in [9.17, 15) is 9.59 Å². The lowest BCUT2D eigenvalue weighted by Gasteiger charge is -2.11. The normalized spacial score (nSPS) is 10.4. The van der Waals surface area contributed by atoms with Crippen LogP contribution in [0.3, 0.4) is 0 Å². The molecule has 0 atom stereocenters. The van der Waals surface area contributed by atoms with Crippen LogP contribution < -0.4 is 5.32 Å². The summed E-state index contributed by atoms with van der Waals surface area (Å²) in [7, 11) is 0. The highest BCUT2D eigenvalue weighted by molar-refractivity contribution is 6.42. The van der Waals surface area contributed by atoms with Gasteiger partial charge in [0, 0.05) is 17.5 Å². The molecule has 3 rings (SSSR count). The summed E-state index contributed by atoms with van der Waals surface area (Å²) in [4.78, 5) is 25.1. The second-order valence-corrected chi connectivity index (χ2v) is 6.85. The van der Waals surface area contributed by atoms with Gasteiger partial charge in [0.05, 0.1) is 15.7 Å². The first-order valence-electron chi connectivity index (χ1n) is 8.47. The fraction of sp³-hybridized carbons (Fsp3) is 0.0909. The molecule has 0 spiro atoms. The van der Waals surface area contributed by atoms with E-state index in [0.717, 1.165) is 5.56 Å². The first-order chi connectivity index (χ1) is 13.0. The third-order valence-electron chi connectivity index (χ3n) is 4.11. The lowest BCUT2D eigenvalue weighted by atomic mass is 10.0. The number of halogens is 2. The van der Waals surface area contributed by atoms with Crippen molar-refractivity contribution in [2.45, 2.75) is 12.8 Å². The molecule has 27 heavy (non-hydrogen) atoms. The molecular weight excluding hydrogens is 381 g/mol. The van der Waals surface area contributed by atoms with E-state index < -0.39 is 0 Å². The number of carbonyl (C=O) groups is 2. The van der Waals surface area contributed by atoms with Gasteiger partial charge in [-0.15, -0.1) is 0 Å². The topological polar surface area (TPSA) is 46.2 Å². The van der Waals surface area contributed by atoms with E-state index in [-0.39, 0.29) is 18.1 Å². The Morgan fingerprint density at radius 2 is 1.52 bits per heavy atom. The highest BCUT2D eigenvalue weighted by Gasteiger charge is 2.14. The average Bonchev–Trinajstić information content (AvgIpc) is 2.69. The van der Waals surface area contributed by atoms with Gasteiger partial charge in [0.25, 0.3) is 0 Å². The van der Waals surface area contributed by atoms with Gasteiger partial charge in [-0.05, 0) is 36.2 Å². The molecule has 0 fully saturated rings. The fourth-order valence-corrected chi connectivity index (χ4v) is 3.02. The fourth-order valence-electron chi connectivity index (χ4n) is 2.70.